The minimum Gasteiger partial charge on any atom is -0.368 e. The summed E-state index contributed by atoms with van der Waals surface area (Å²) in [5.74, 6) is 3.25. The fraction of sp³-hybridized carbons (Fsp3) is 0.500. The quantitative estimate of drug-likeness (QED) is 0.620. The lowest BCUT2D eigenvalue weighted by molar-refractivity contribution is -0.0591. The highest BCUT2D eigenvalue weighted by atomic mass is 79.9. The van der Waals surface area contributed by atoms with E-state index in [0.717, 1.165) is 22.6 Å². The molecule has 0 aliphatic heterocycles. The highest BCUT2D eigenvalue weighted by Gasteiger charge is 2.54. The average Bonchev–Trinajstić information content (AvgIpc) is 2.70. The molecule has 4 fully saturated rings. The second kappa shape index (κ2) is 7.26. The molecule has 3 unspecified atom stereocenters. The minimum absolute atomic E-state index is 0.294. The van der Waals surface area contributed by atoms with Crippen LogP contribution < -0.4 is 16.4 Å². The number of halogens is 1. The number of benzene rings is 1. The summed E-state index contributed by atoms with van der Waals surface area (Å²) < 4.78 is 0.981. The van der Waals surface area contributed by atoms with E-state index in [0.29, 0.717) is 40.6 Å². The van der Waals surface area contributed by atoms with E-state index < -0.39 is 0 Å². The molecule has 5 atom stereocenters. The van der Waals surface area contributed by atoms with Crippen LogP contribution >= 0.6 is 15.9 Å². The van der Waals surface area contributed by atoms with Crippen molar-refractivity contribution in [2.75, 3.05) is 17.2 Å². The number of hydrogen-bond donors (Lipinski definition) is 3. The van der Waals surface area contributed by atoms with Crippen LogP contribution in [0.25, 0.3) is 0 Å². The maximum absolute atomic E-state index is 9.52. The zero-order valence-corrected chi connectivity index (χ0v) is 17.8. The molecule has 4 aliphatic carbocycles. The number of nitriles is 1. The molecule has 7 heteroatoms. The molecule has 1 aromatic carbocycles. The SMILES string of the molecule is N#Cc1cnc(Nc2cccc(Br)c2)nc1NCC12CC3C[C@H](C1)C(N)[C@@H](C3)C2. The second-order valence-corrected chi connectivity index (χ2v) is 10.0. The number of anilines is 3. The Morgan fingerprint density at radius 1 is 1.24 bits per heavy atom. The van der Waals surface area contributed by atoms with Crippen molar-refractivity contribution in [2.45, 2.75) is 38.1 Å². The second-order valence-electron chi connectivity index (χ2n) is 9.10. The summed E-state index contributed by atoms with van der Waals surface area (Å²) in [6.45, 7) is 0.852. The lowest BCUT2D eigenvalue weighted by Crippen LogP contribution is -2.58. The first kappa shape index (κ1) is 18.8. The molecule has 4 N–H and O–H groups in total. The molecule has 1 aromatic heterocycles. The number of rotatable bonds is 5. The van der Waals surface area contributed by atoms with Crippen LogP contribution in [0.15, 0.2) is 34.9 Å². The fourth-order valence-corrected chi connectivity index (χ4v) is 6.47. The van der Waals surface area contributed by atoms with Crippen molar-refractivity contribution in [1.82, 2.24) is 9.97 Å². The molecule has 150 valence electrons. The van der Waals surface area contributed by atoms with Crippen LogP contribution in [0.5, 0.6) is 0 Å². The molecule has 4 aliphatic rings. The molecule has 1 heterocycles. The van der Waals surface area contributed by atoms with E-state index in [-0.39, 0.29) is 0 Å². The van der Waals surface area contributed by atoms with Crippen molar-refractivity contribution in [3.05, 3.63) is 40.5 Å². The third-order valence-corrected chi connectivity index (χ3v) is 7.59. The van der Waals surface area contributed by atoms with Crippen LogP contribution in [0.2, 0.25) is 0 Å². The monoisotopic (exact) mass is 452 g/mol. The first-order valence-corrected chi connectivity index (χ1v) is 11.1. The Morgan fingerprint density at radius 3 is 2.76 bits per heavy atom. The standard InChI is InChI=1S/C22H25BrN6/c23-17-2-1-3-18(6-17)28-21-26-11-16(10-24)20(29-21)27-12-22-7-13-4-14(8-22)19(25)15(5-13)9-22/h1-3,6,11,13-15,19H,4-5,7-9,12,25H2,(H2,26,27,28,29)/t13?,14-,15+,19?,22?. The van der Waals surface area contributed by atoms with E-state index in [2.05, 4.69) is 42.6 Å². The van der Waals surface area contributed by atoms with Gasteiger partial charge in [-0.15, -0.1) is 0 Å². The Labute approximate surface area is 179 Å². The molecule has 0 saturated heterocycles. The Kier molecular flexibility index (Phi) is 4.72. The zero-order valence-electron chi connectivity index (χ0n) is 16.2. The van der Waals surface area contributed by atoms with E-state index in [1.165, 1.54) is 32.1 Å². The van der Waals surface area contributed by atoms with Gasteiger partial charge in [0.05, 0.1) is 6.20 Å². The zero-order chi connectivity index (χ0) is 20.0. The summed E-state index contributed by atoms with van der Waals surface area (Å²) in [6.07, 6.45) is 7.86. The smallest absolute Gasteiger partial charge is 0.229 e. The molecule has 4 bridgehead atoms. The average molecular weight is 453 g/mol. The molecule has 6 nitrogen and oxygen atoms in total. The van der Waals surface area contributed by atoms with Crippen LogP contribution in [-0.4, -0.2) is 22.6 Å². The van der Waals surface area contributed by atoms with Crippen LogP contribution in [-0.2, 0) is 0 Å². The topological polar surface area (TPSA) is 99.6 Å². The molecular weight excluding hydrogens is 428 g/mol. The van der Waals surface area contributed by atoms with Gasteiger partial charge in [0, 0.05) is 22.7 Å². The lowest BCUT2D eigenvalue weighted by Gasteiger charge is -2.59. The normalized spacial score (nSPS) is 32.0. The summed E-state index contributed by atoms with van der Waals surface area (Å²) >= 11 is 3.47. The van der Waals surface area contributed by atoms with E-state index in [4.69, 9.17) is 5.73 Å². The van der Waals surface area contributed by atoms with Crippen molar-refractivity contribution >= 4 is 33.4 Å². The molecule has 0 amide bonds. The minimum atomic E-state index is 0.294. The van der Waals surface area contributed by atoms with Gasteiger partial charge in [0.2, 0.25) is 5.95 Å². The van der Waals surface area contributed by atoms with Gasteiger partial charge in [-0.2, -0.15) is 10.2 Å². The van der Waals surface area contributed by atoms with Gasteiger partial charge < -0.3 is 16.4 Å². The van der Waals surface area contributed by atoms with E-state index in [1.807, 2.05) is 24.3 Å². The number of nitrogens with one attached hydrogen (secondary N) is 2. The summed E-state index contributed by atoms with van der Waals surface area (Å²) in [5, 5.41) is 16.2. The maximum atomic E-state index is 9.52. The van der Waals surface area contributed by atoms with Crippen LogP contribution in [0.3, 0.4) is 0 Å². The number of nitrogens with zero attached hydrogens (tertiary/aromatic N) is 3. The Bertz CT molecular complexity index is 954. The van der Waals surface area contributed by atoms with Gasteiger partial charge in [-0.25, -0.2) is 4.98 Å². The third kappa shape index (κ3) is 3.60. The Morgan fingerprint density at radius 2 is 2.03 bits per heavy atom. The maximum Gasteiger partial charge on any atom is 0.229 e. The van der Waals surface area contributed by atoms with Crippen molar-refractivity contribution < 1.29 is 0 Å². The van der Waals surface area contributed by atoms with Crippen molar-refractivity contribution in [3.63, 3.8) is 0 Å². The third-order valence-electron chi connectivity index (χ3n) is 7.09. The summed E-state index contributed by atoms with van der Waals surface area (Å²) in [7, 11) is 0. The Balaban J connectivity index is 1.34. The predicted molar refractivity (Wildman–Crippen MR) is 117 cm³/mol. The predicted octanol–water partition coefficient (Wildman–Crippen LogP) is 4.42. The molecule has 0 spiro atoms. The number of aromatic nitrogens is 2. The number of nitrogens with two attached hydrogens (primary N) is 1. The van der Waals surface area contributed by atoms with Gasteiger partial charge in [0.1, 0.15) is 17.5 Å². The van der Waals surface area contributed by atoms with Crippen molar-refractivity contribution in [2.24, 2.45) is 28.9 Å². The van der Waals surface area contributed by atoms with Gasteiger partial charge in [-0.05, 0) is 73.5 Å². The molecule has 4 saturated carbocycles. The molecular formula is C22H25BrN6. The van der Waals surface area contributed by atoms with Crippen LogP contribution in [0, 0.1) is 34.5 Å². The first-order chi connectivity index (χ1) is 14.0. The first-order valence-electron chi connectivity index (χ1n) is 10.3. The summed E-state index contributed by atoms with van der Waals surface area (Å²) in [6, 6.07) is 10.4. The van der Waals surface area contributed by atoms with E-state index in [1.54, 1.807) is 6.20 Å². The van der Waals surface area contributed by atoms with Crippen LogP contribution in [0.1, 0.15) is 37.7 Å². The van der Waals surface area contributed by atoms with Gasteiger partial charge >= 0.3 is 0 Å². The fourth-order valence-electron chi connectivity index (χ4n) is 6.07. The van der Waals surface area contributed by atoms with Gasteiger partial charge in [-0.3, -0.25) is 0 Å². The van der Waals surface area contributed by atoms with Gasteiger partial charge in [0.25, 0.3) is 0 Å². The van der Waals surface area contributed by atoms with Crippen LogP contribution in [0.4, 0.5) is 17.5 Å². The van der Waals surface area contributed by atoms with E-state index >= 15 is 0 Å². The lowest BCUT2D eigenvalue weighted by atomic mass is 9.48. The molecule has 6 rings (SSSR count). The van der Waals surface area contributed by atoms with Gasteiger partial charge in [0.15, 0.2) is 0 Å². The molecule has 2 aromatic rings. The highest BCUT2D eigenvalue weighted by molar-refractivity contribution is 9.10. The van der Waals surface area contributed by atoms with Gasteiger partial charge in [-0.1, -0.05) is 22.0 Å². The highest BCUT2D eigenvalue weighted by Crippen LogP contribution is 2.59. The number of hydrogen-bond acceptors (Lipinski definition) is 6. The summed E-state index contributed by atoms with van der Waals surface area (Å²) in [4.78, 5) is 8.91. The largest absolute Gasteiger partial charge is 0.368 e. The molecule has 0 radical (unpaired) electrons. The van der Waals surface area contributed by atoms with E-state index in [9.17, 15) is 5.26 Å². The Hall–Kier alpha value is -2.17. The molecule has 29 heavy (non-hydrogen) atoms. The van der Waals surface area contributed by atoms with Crippen molar-refractivity contribution in [3.8, 4) is 6.07 Å². The summed E-state index contributed by atoms with van der Waals surface area (Å²) in [5.41, 5.74) is 8.15. The van der Waals surface area contributed by atoms with Crippen molar-refractivity contribution in [1.29, 1.82) is 5.26 Å².